The lowest BCUT2D eigenvalue weighted by molar-refractivity contribution is -0.132. The van der Waals surface area contributed by atoms with Gasteiger partial charge < -0.3 is 9.84 Å². The number of ether oxygens (including phenoxy) is 1. The number of hydrogen-bond donors (Lipinski definition) is 1. The van der Waals surface area contributed by atoms with E-state index in [2.05, 4.69) is 25.9 Å². The molecule has 0 bridgehead atoms. The van der Waals surface area contributed by atoms with Crippen molar-refractivity contribution in [3.8, 4) is 5.75 Å². The summed E-state index contributed by atoms with van der Waals surface area (Å²) in [5.74, 6) is -1.07. The fourth-order valence-electron chi connectivity index (χ4n) is 3.94. The Kier molecular flexibility index (Phi) is 5.89. The zero-order chi connectivity index (χ0) is 23.8. The first-order valence-electron chi connectivity index (χ1n) is 10.5. The molecule has 2 aromatic heterocycles. The zero-order valence-electron chi connectivity index (χ0n) is 17.9. The molecule has 2 aromatic carbocycles. The third-order valence-corrected chi connectivity index (χ3v) is 6.94. The van der Waals surface area contributed by atoms with Crippen LogP contribution < -0.4 is 9.64 Å². The monoisotopic (exact) mass is 535 g/mol. The first kappa shape index (κ1) is 22.2. The summed E-state index contributed by atoms with van der Waals surface area (Å²) in [6.45, 7) is 2.44. The van der Waals surface area contributed by atoms with Gasteiger partial charge in [-0.1, -0.05) is 39.4 Å². The molecule has 3 heterocycles. The summed E-state index contributed by atoms with van der Waals surface area (Å²) >= 11 is 4.75. The van der Waals surface area contributed by atoms with Crippen LogP contribution in [0.4, 0.5) is 5.13 Å². The van der Waals surface area contributed by atoms with Gasteiger partial charge in [0, 0.05) is 22.4 Å². The number of amides is 1. The van der Waals surface area contributed by atoms with E-state index in [1.54, 1.807) is 12.1 Å². The highest BCUT2D eigenvalue weighted by atomic mass is 79.9. The largest absolute Gasteiger partial charge is 0.507 e. The van der Waals surface area contributed by atoms with E-state index in [1.807, 2.05) is 49.4 Å². The highest BCUT2D eigenvalue weighted by Gasteiger charge is 2.48. The van der Waals surface area contributed by atoms with Crippen LogP contribution in [0.5, 0.6) is 5.75 Å². The van der Waals surface area contributed by atoms with Crippen molar-refractivity contribution in [3.05, 3.63) is 88.2 Å². The summed E-state index contributed by atoms with van der Waals surface area (Å²) in [7, 11) is 0. The van der Waals surface area contributed by atoms with Crippen molar-refractivity contribution in [3.63, 3.8) is 0 Å². The maximum absolute atomic E-state index is 13.3. The van der Waals surface area contributed by atoms with Crippen LogP contribution in [0.25, 0.3) is 16.0 Å². The fraction of sp³-hybridized carbons (Fsp3) is 0.120. The van der Waals surface area contributed by atoms with Gasteiger partial charge in [-0.15, -0.1) is 0 Å². The summed E-state index contributed by atoms with van der Waals surface area (Å²) < 4.78 is 7.19. The molecule has 34 heavy (non-hydrogen) atoms. The Morgan fingerprint density at radius 2 is 1.94 bits per heavy atom. The number of aliphatic hydroxyl groups excluding tert-OH is 1. The van der Waals surface area contributed by atoms with Crippen LogP contribution in [-0.2, 0) is 9.59 Å². The number of thiazole rings is 1. The molecular formula is C25H18BrN3O4S. The number of halogens is 1. The minimum atomic E-state index is -0.849. The summed E-state index contributed by atoms with van der Waals surface area (Å²) in [6.07, 6.45) is 3.03. The molecule has 4 aromatic rings. The molecule has 1 aliphatic rings. The second-order valence-corrected chi connectivity index (χ2v) is 9.44. The Morgan fingerprint density at radius 3 is 2.68 bits per heavy atom. The van der Waals surface area contributed by atoms with Crippen LogP contribution in [0, 0.1) is 0 Å². The molecule has 0 saturated carbocycles. The Morgan fingerprint density at radius 1 is 1.15 bits per heavy atom. The average Bonchev–Trinajstić information content (AvgIpc) is 3.37. The number of pyridine rings is 1. The summed E-state index contributed by atoms with van der Waals surface area (Å²) in [4.78, 5) is 36.5. The predicted molar refractivity (Wildman–Crippen MR) is 134 cm³/mol. The molecule has 1 saturated heterocycles. The van der Waals surface area contributed by atoms with E-state index in [1.165, 1.54) is 28.6 Å². The maximum Gasteiger partial charge on any atom is 0.301 e. The molecule has 0 aliphatic carbocycles. The number of carbonyl (C=O) groups is 2. The lowest BCUT2D eigenvalue weighted by atomic mass is 9.96. The van der Waals surface area contributed by atoms with Crippen LogP contribution in [0.1, 0.15) is 24.1 Å². The lowest BCUT2D eigenvalue weighted by Gasteiger charge is -2.23. The second kappa shape index (κ2) is 9.00. The van der Waals surface area contributed by atoms with E-state index in [0.29, 0.717) is 34.1 Å². The van der Waals surface area contributed by atoms with Gasteiger partial charge >= 0.3 is 5.91 Å². The van der Waals surface area contributed by atoms with Gasteiger partial charge in [-0.2, -0.15) is 0 Å². The smallest absolute Gasteiger partial charge is 0.301 e. The maximum atomic E-state index is 13.3. The fourth-order valence-corrected chi connectivity index (χ4v) is 5.38. The van der Waals surface area contributed by atoms with Crippen molar-refractivity contribution in [1.29, 1.82) is 0 Å². The third-order valence-electron chi connectivity index (χ3n) is 5.43. The number of rotatable bonds is 5. The van der Waals surface area contributed by atoms with Crippen LogP contribution in [-0.4, -0.2) is 33.4 Å². The van der Waals surface area contributed by atoms with E-state index in [9.17, 15) is 14.7 Å². The first-order chi connectivity index (χ1) is 16.5. The van der Waals surface area contributed by atoms with Gasteiger partial charge in [0.15, 0.2) is 5.13 Å². The molecule has 9 heteroatoms. The minimum absolute atomic E-state index is 0.00330. The Balaban J connectivity index is 1.70. The predicted octanol–water partition coefficient (Wildman–Crippen LogP) is 5.48. The number of benzene rings is 2. The summed E-state index contributed by atoms with van der Waals surface area (Å²) in [6, 6.07) is 15.1. The van der Waals surface area contributed by atoms with Crippen LogP contribution >= 0.6 is 27.3 Å². The number of nitrogens with zero attached hydrogens (tertiary/aromatic N) is 3. The SMILES string of the molecule is CCOc1ccc2nc(N3C(=O)C(=O)/C(=C(/O)c4ccncc4)C3c3cccc(Br)c3)sc2c1. The molecule has 0 spiro atoms. The van der Waals surface area contributed by atoms with E-state index in [0.717, 1.165) is 9.17 Å². The Bertz CT molecular complexity index is 1450. The van der Waals surface area contributed by atoms with Crippen LogP contribution in [0.3, 0.4) is 0 Å². The molecule has 170 valence electrons. The Hall–Kier alpha value is -3.56. The van der Waals surface area contributed by atoms with Gasteiger partial charge in [-0.05, 0) is 55.0 Å². The molecule has 1 fully saturated rings. The molecule has 7 nitrogen and oxygen atoms in total. The van der Waals surface area contributed by atoms with E-state index >= 15 is 0 Å². The van der Waals surface area contributed by atoms with Crippen LogP contribution in [0.2, 0.25) is 0 Å². The first-order valence-corrected chi connectivity index (χ1v) is 12.1. The van der Waals surface area contributed by atoms with Crippen LogP contribution in [0.15, 0.2) is 77.0 Å². The minimum Gasteiger partial charge on any atom is -0.507 e. The van der Waals surface area contributed by atoms with Gasteiger partial charge in [0.1, 0.15) is 11.5 Å². The standard InChI is InChI=1S/C25H18BrN3O4S/c1-2-33-17-6-7-18-19(13-17)34-25(28-18)29-21(15-4-3-5-16(26)12-15)20(23(31)24(29)32)22(30)14-8-10-27-11-9-14/h3-13,21,30H,2H2,1H3/b22-20+. The molecule has 1 atom stereocenters. The number of ketones is 1. The van der Waals surface area contributed by atoms with Gasteiger partial charge in [0.05, 0.1) is 28.4 Å². The van der Waals surface area contributed by atoms with Crippen molar-refractivity contribution in [2.24, 2.45) is 0 Å². The summed E-state index contributed by atoms with van der Waals surface area (Å²) in [5.41, 5.74) is 1.76. The topological polar surface area (TPSA) is 92.6 Å². The number of anilines is 1. The van der Waals surface area contributed by atoms with Crippen molar-refractivity contribution < 1.29 is 19.4 Å². The highest BCUT2D eigenvalue weighted by Crippen LogP contribution is 2.44. The molecule has 1 unspecified atom stereocenters. The second-order valence-electron chi connectivity index (χ2n) is 7.52. The molecular weight excluding hydrogens is 518 g/mol. The quantitative estimate of drug-likeness (QED) is 0.206. The number of hydrogen-bond acceptors (Lipinski definition) is 7. The Labute approximate surface area is 207 Å². The summed E-state index contributed by atoms with van der Waals surface area (Å²) in [5, 5.41) is 11.5. The van der Waals surface area contributed by atoms with E-state index < -0.39 is 17.7 Å². The number of aromatic nitrogens is 2. The molecule has 1 aliphatic heterocycles. The molecule has 0 radical (unpaired) electrons. The van der Waals surface area contributed by atoms with Crippen molar-refractivity contribution in [1.82, 2.24) is 9.97 Å². The lowest BCUT2D eigenvalue weighted by Crippen LogP contribution is -2.29. The number of aliphatic hydroxyl groups is 1. The van der Waals surface area contributed by atoms with Gasteiger partial charge in [-0.25, -0.2) is 4.98 Å². The van der Waals surface area contributed by atoms with Gasteiger partial charge in [0.2, 0.25) is 0 Å². The number of Topliss-reactive ketones (excluding diaryl/α,β-unsaturated/α-hetero) is 1. The zero-order valence-corrected chi connectivity index (χ0v) is 20.3. The normalized spacial score (nSPS) is 17.5. The van der Waals surface area contributed by atoms with Gasteiger partial charge in [0.25, 0.3) is 5.78 Å². The van der Waals surface area contributed by atoms with Crippen molar-refractivity contribution >= 4 is 60.1 Å². The average molecular weight is 536 g/mol. The third kappa shape index (κ3) is 3.86. The van der Waals surface area contributed by atoms with Crippen molar-refractivity contribution in [2.45, 2.75) is 13.0 Å². The highest BCUT2D eigenvalue weighted by molar-refractivity contribution is 9.10. The molecule has 1 N–H and O–H groups in total. The molecule has 5 rings (SSSR count). The van der Waals surface area contributed by atoms with E-state index in [-0.39, 0.29) is 11.3 Å². The number of fused-ring (bicyclic) bond motifs is 1. The van der Waals surface area contributed by atoms with Crippen molar-refractivity contribution in [2.75, 3.05) is 11.5 Å². The van der Waals surface area contributed by atoms with Gasteiger partial charge in [-0.3, -0.25) is 19.5 Å². The van der Waals surface area contributed by atoms with E-state index in [4.69, 9.17) is 4.74 Å². The molecule has 1 amide bonds. The number of carbonyl (C=O) groups excluding carboxylic acids is 2.